The summed E-state index contributed by atoms with van der Waals surface area (Å²) in [6, 6.07) is 13.3. The highest BCUT2D eigenvalue weighted by molar-refractivity contribution is 5.88. The van der Waals surface area contributed by atoms with Crippen molar-refractivity contribution < 1.29 is 19.1 Å². The zero-order valence-corrected chi connectivity index (χ0v) is 32.2. The Bertz CT molecular complexity index is 2250. The monoisotopic (exact) mass is 761 g/mol. The topological polar surface area (TPSA) is 172 Å². The molecule has 0 bridgehead atoms. The smallest absolute Gasteiger partial charge is 0.356 e. The quantitative estimate of drug-likeness (QED) is 0.152. The third-order valence-electron chi connectivity index (χ3n) is 12.1. The van der Waals surface area contributed by atoms with Gasteiger partial charge in [0.25, 0.3) is 5.56 Å². The fraction of sp³-hybridized carbons (Fsp3) is 0.476. The minimum absolute atomic E-state index is 0.0518. The number of likely N-dealkylation sites (tertiary alicyclic amines) is 3. The Morgan fingerprint density at radius 3 is 2.38 bits per heavy atom. The number of ether oxygens (including phenoxy) is 1. The fourth-order valence-electron chi connectivity index (χ4n) is 9.03. The van der Waals surface area contributed by atoms with E-state index < -0.39 is 6.04 Å². The third kappa shape index (κ3) is 7.93. The molecule has 3 aliphatic rings. The number of carbonyl (C=O) groups excluding carboxylic acids is 3. The van der Waals surface area contributed by atoms with Crippen LogP contribution >= 0.6 is 0 Å². The summed E-state index contributed by atoms with van der Waals surface area (Å²) in [4.78, 5) is 70.2. The van der Waals surface area contributed by atoms with Crippen molar-refractivity contribution in [3.8, 4) is 0 Å². The van der Waals surface area contributed by atoms with Crippen LogP contribution < -0.4 is 10.9 Å². The van der Waals surface area contributed by atoms with Crippen LogP contribution in [-0.2, 0) is 16.0 Å². The van der Waals surface area contributed by atoms with Crippen LogP contribution in [0.2, 0.25) is 0 Å². The average Bonchev–Trinajstić information content (AvgIpc) is 3.92. The van der Waals surface area contributed by atoms with Crippen molar-refractivity contribution in [3.63, 3.8) is 0 Å². The van der Waals surface area contributed by atoms with E-state index in [4.69, 9.17) is 4.74 Å². The number of carbonyl (C=O) groups is 3. The predicted molar refractivity (Wildman–Crippen MR) is 213 cm³/mol. The first-order chi connectivity index (χ1) is 27.2. The van der Waals surface area contributed by atoms with Crippen molar-refractivity contribution in [1.82, 2.24) is 45.2 Å². The number of H-pyrrole nitrogens is 3. The lowest BCUT2D eigenvalue weighted by molar-refractivity contribution is -0.135. The number of para-hydroxylation sites is 1. The highest BCUT2D eigenvalue weighted by Gasteiger charge is 2.35. The van der Waals surface area contributed by atoms with Crippen molar-refractivity contribution in [2.45, 2.75) is 82.7 Å². The second kappa shape index (κ2) is 16.3. The maximum absolute atomic E-state index is 14.4. The number of hydrogen-bond donors (Lipinski definition) is 4. The number of aromatic amines is 3. The first-order valence-electron chi connectivity index (χ1n) is 20.1. The Balaban J connectivity index is 0.894. The normalized spacial score (nSPS) is 18.4. The number of hydrogen-bond acceptors (Lipinski definition) is 8. The van der Waals surface area contributed by atoms with Gasteiger partial charge in [0.05, 0.1) is 24.5 Å². The van der Waals surface area contributed by atoms with Gasteiger partial charge in [-0.1, -0.05) is 24.3 Å². The molecule has 14 nitrogen and oxygen atoms in total. The molecule has 4 N–H and O–H groups in total. The number of nitrogens with one attached hydrogen (secondary N) is 4. The van der Waals surface area contributed by atoms with Gasteiger partial charge in [0.15, 0.2) is 0 Å². The minimum atomic E-state index is -0.729. The zero-order chi connectivity index (χ0) is 38.8. The molecule has 3 aliphatic heterocycles. The van der Waals surface area contributed by atoms with E-state index >= 15 is 0 Å². The van der Waals surface area contributed by atoms with Gasteiger partial charge in [-0.2, -0.15) is 5.10 Å². The number of pyridine rings is 1. The average molecular weight is 762 g/mol. The van der Waals surface area contributed by atoms with Crippen LogP contribution in [0.15, 0.2) is 59.7 Å². The van der Waals surface area contributed by atoms with E-state index in [1.54, 1.807) is 24.2 Å². The van der Waals surface area contributed by atoms with Gasteiger partial charge in [-0.3, -0.25) is 14.7 Å². The molecule has 6 heterocycles. The van der Waals surface area contributed by atoms with E-state index in [1.807, 2.05) is 48.2 Å². The van der Waals surface area contributed by atoms with Gasteiger partial charge >= 0.3 is 12.0 Å². The number of nitrogens with zero attached hydrogens (tertiary/aromatic N) is 5. The highest BCUT2D eigenvalue weighted by Crippen LogP contribution is 2.31. The first-order valence-corrected chi connectivity index (χ1v) is 20.1. The summed E-state index contributed by atoms with van der Waals surface area (Å²) in [5.41, 5.74) is 4.87. The van der Waals surface area contributed by atoms with Crippen molar-refractivity contribution in [2.24, 2.45) is 0 Å². The third-order valence-corrected chi connectivity index (χ3v) is 12.1. The molecule has 0 spiro atoms. The number of fused-ring (bicyclic) bond motifs is 2. The van der Waals surface area contributed by atoms with Gasteiger partial charge in [-0.25, -0.2) is 14.6 Å². The number of piperidine rings is 3. The molecule has 14 heteroatoms. The lowest BCUT2D eigenvalue weighted by Gasteiger charge is -2.42. The Morgan fingerprint density at radius 1 is 0.875 bits per heavy atom. The predicted octanol–water partition coefficient (Wildman–Crippen LogP) is 4.98. The van der Waals surface area contributed by atoms with Crippen molar-refractivity contribution >= 4 is 39.7 Å². The Labute approximate surface area is 325 Å². The minimum Gasteiger partial charge on any atom is -0.461 e. The van der Waals surface area contributed by atoms with Crippen molar-refractivity contribution in [2.75, 3.05) is 45.9 Å². The molecule has 2 aromatic carbocycles. The molecular formula is C42H51N9O5. The van der Waals surface area contributed by atoms with Crippen LogP contribution in [0.1, 0.15) is 90.3 Å². The van der Waals surface area contributed by atoms with E-state index in [-0.39, 0.29) is 35.3 Å². The number of esters is 1. The van der Waals surface area contributed by atoms with Gasteiger partial charge in [-0.15, -0.1) is 0 Å². The number of imidazole rings is 1. The van der Waals surface area contributed by atoms with E-state index in [9.17, 15) is 19.2 Å². The summed E-state index contributed by atoms with van der Waals surface area (Å²) in [6.07, 6.45) is 8.69. The van der Waals surface area contributed by atoms with Crippen LogP contribution in [0, 0.1) is 6.92 Å². The van der Waals surface area contributed by atoms with Crippen molar-refractivity contribution in [3.05, 3.63) is 93.4 Å². The highest BCUT2D eigenvalue weighted by atomic mass is 16.5. The van der Waals surface area contributed by atoms with Gasteiger partial charge in [0.1, 0.15) is 17.6 Å². The summed E-state index contributed by atoms with van der Waals surface area (Å²) in [5, 5.41) is 12.4. The molecule has 3 amide bonds. The molecule has 3 saturated heterocycles. The maximum Gasteiger partial charge on any atom is 0.356 e. The Kier molecular flexibility index (Phi) is 10.9. The Morgan fingerprint density at radius 2 is 1.61 bits per heavy atom. The molecule has 56 heavy (non-hydrogen) atoms. The number of aromatic nitrogens is 5. The molecule has 8 rings (SSSR count). The fourth-order valence-corrected chi connectivity index (χ4v) is 9.03. The summed E-state index contributed by atoms with van der Waals surface area (Å²) in [5.74, 6) is 0.715. The number of amides is 3. The second-order valence-electron chi connectivity index (χ2n) is 15.6. The van der Waals surface area contributed by atoms with Gasteiger partial charge in [0, 0.05) is 61.0 Å². The largest absolute Gasteiger partial charge is 0.461 e. The number of urea groups is 1. The Hall–Kier alpha value is -5.50. The standard InChI is InChI=1S/C42H51N9O5/c1-3-56-41(54)36-25-43-38(45-36)29-10-14-49(15-11-29)32-12-18-50(19-13-32)40(53)35(22-27-20-26(2)37-31(21-27)24-44-48-37)47-42(55)51-16-8-28(9-17-51)33-23-30-6-4-5-7-34(30)46-39(33)52/h4-7,20-21,23-25,28-29,32,35H,3,8-19,22H2,1-2H3,(H,43,45)(H,44,48)(H,46,52)(H,47,55)/t35-/m1/s1. The van der Waals surface area contributed by atoms with E-state index in [2.05, 4.69) is 41.4 Å². The second-order valence-corrected chi connectivity index (χ2v) is 15.6. The molecule has 0 aliphatic carbocycles. The van der Waals surface area contributed by atoms with Gasteiger partial charge in [-0.05, 0) is 106 Å². The molecule has 3 fully saturated rings. The first kappa shape index (κ1) is 37.4. The lowest BCUT2D eigenvalue weighted by Crippen LogP contribution is -2.56. The van der Waals surface area contributed by atoms with E-state index in [0.717, 1.165) is 83.1 Å². The lowest BCUT2D eigenvalue weighted by atomic mass is 9.89. The molecule has 0 saturated carbocycles. The summed E-state index contributed by atoms with van der Waals surface area (Å²) in [7, 11) is 0. The summed E-state index contributed by atoms with van der Waals surface area (Å²) < 4.78 is 5.11. The van der Waals surface area contributed by atoms with Crippen molar-refractivity contribution in [1.29, 1.82) is 0 Å². The van der Waals surface area contributed by atoms with E-state index in [0.29, 0.717) is 63.8 Å². The number of rotatable bonds is 9. The number of aryl methyl sites for hydroxylation is 1. The molecule has 1 atom stereocenters. The van der Waals surface area contributed by atoms with Crippen LogP contribution in [-0.4, -0.2) is 116 Å². The SMILES string of the molecule is CCOC(=O)c1cnc(C2CCN(C3CCN(C(=O)[C@@H](Cc4cc(C)c5[nH]ncc5c4)NC(=O)N4CCC(c5cc6ccccc6[nH]c5=O)CC4)CC3)CC2)[nH]1. The van der Waals surface area contributed by atoms with Gasteiger partial charge in [0.2, 0.25) is 5.91 Å². The summed E-state index contributed by atoms with van der Waals surface area (Å²) in [6.45, 7) is 8.24. The molecule has 294 valence electrons. The van der Waals surface area contributed by atoms with Crippen LogP contribution in [0.5, 0.6) is 0 Å². The summed E-state index contributed by atoms with van der Waals surface area (Å²) >= 11 is 0. The molecule has 3 aromatic heterocycles. The molecule has 0 radical (unpaired) electrons. The van der Waals surface area contributed by atoms with Crippen LogP contribution in [0.25, 0.3) is 21.8 Å². The van der Waals surface area contributed by atoms with E-state index in [1.165, 1.54) is 0 Å². The zero-order valence-electron chi connectivity index (χ0n) is 32.2. The van der Waals surface area contributed by atoms with Crippen LogP contribution in [0.3, 0.4) is 0 Å². The van der Waals surface area contributed by atoms with Crippen LogP contribution in [0.4, 0.5) is 4.79 Å². The molecule has 0 unspecified atom stereocenters. The maximum atomic E-state index is 14.4. The van der Waals surface area contributed by atoms with Gasteiger partial charge < -0.3 is 34.7 Å². The molecule has 5 aromatic rings. The number of benzene rings is 2. The molecular weight excluding hydrogens is 711 g/mol.